The van der Waals surface area contributed by atoms with Gasteiger partial charge in [0, 0.05) is 19.5 Å². The lowest BCUT2D eigenvalue weighted by molar-refractivity contribution is -0.134. The van der Waals surface area contributed by atoms with Crippen molar-refractivity contribution in [2.75, 3.05) is 7.05 Å². The monoisotopic (exact) mass is 263 g/mol. The summed E-state index contributed by atoms with van der Waals surface area (Å²) in [6.07, 6.45) is 11.5. The van der Waals surface area contributed by atoms with Gasteiger partial charge in [-0.25, -0.2) is 0 Å². The number of hydrogen-bond acceptors (Lipinski definition) is 1. The lowest BCUT2D eigenvalue weighted by atomic mass is 9.84. The van der Waals surface area contributed by atoms with Crippen molar-refractivity contribution in [2.24, 2.45) is 23.7 Å². The highest BCUT2D eigenvalue weighted by atomic mass is 16.2. The second kappa shape index (κ2) is 5.46. The summed E-state index contributed by atoms with van der Waals surface area (Å²) in [6.45, 7) is 2.34. The first kappa shape index (κ1) is 13.5. The maximum Gasteiger partial charge on any atom is 0.222 e. The SMILES string of the molecule is CC1CCC(N(C)C(=O)C[C@H]2C[C@H]3CC[C@H]2C3)CC1. The minimum absolute atomic E-state index is 0.428. The third kappa shape index (κ3) is 2.83. The van der Waals surface area contributed by atoms with Gasteiger partial charge in [-0.3, -0.25) is 4.79 Å². The van der Waals surface area contributed by atoms with Crippen LogP contribution in [0, 0.1) is 23.7 Å². The van der Waals surface area contributed by atoms with E-state index >= 15 is 0 Å². The van der Waals surface area contributed by atoms with Gasteiger partial charge in [-0.05, 0) is 68.6 Å². The molecule has 1 amide bonds. The van der Waals surface area contributed by atoms with Crippen LogP contribution in [0.4, 0.5) is 0 Å². The van der Waals surface area contributed by atoms with Crippen LogP contribution < -0.4 is 0 Å². The summed E-state index contributed by atoms with van der Waals surface area (Å²) in [6, 6.07) is 0.530. The number of carbonyl (C=O) groups excluding carboxylic acids is 1. The largest absolute Gasteiger partial charge is 0.343 e. The lowest BCUT2D eigenvalue weighted by Crippen LogP contribution is -2.40. The Morgan fingerprint density at radius 2 is 1.79 bits per heavy atom. The first-order valence-electron chi connectivity index (χ1n) is 8.39. The van der Waals surface area contributed by atoms with Crippen LogP contribution in [0.25, 0.3) is 0 Å². The Morgan fingerprint density at radius 3 is 2.37 bits per heavy atom. The number of rotatable bonds is 3. The molecule has 2 heteroatoms. The van der Waals surface area contributed by atoms with Gasteiger partial charge in [0.05, 0.1) is 0 Å². The highest BCUT2D eigenvalue weighted by molar-refractivity contribution is 5.76. The zero-order chi connectivity index (χ0) is 13.4. The molecule has 0 heterocycles. The van der Waals surface area contributed by atoms with Gasteiger partial charge in [0.15, 0.2) is 0 Å². The van der Waals surface area contributed by atoms with Crippen LogP contribution in [0.15, 0.2) is 0 Å². The molecule has 3 aliphatic rings. The molecular weight excluding hydrogens is 234 g/mol. The smallest absolute Gasteiger partial charge is 0.222 e. The Labute approximate surface area is 117 Å². The fourth-order valence-electron chi connectivity index (χ4n) is 4.83. The molecule has 3 atom stereocenters. The first-order chi connectivity index (χ1) is 9.13. The van der Waals surface area contributed by atoms with Crippen molar-refractivity contribution < 1.29 is 4.79 Å². The lowest BCUT2D eigenvalue weighted by Gasteiger charge is -2.34. The number of hydrogen-bond donors (Lipinski definition) is 0. The second-order valence-corrected chi connectivity index (χ2v) is 7.56. The van der Waals surface area contributed by atoms with Gasteiger partial charge < -0.3 is 4.90 Å². The second-order valence-electron chi connectivity index (χ2n) is 7.56. The summed E-state index contributed by atoms with van der Waals surface area (Å²) in [5, 5.41) is 0. The van der Waals surface area contributed by atoms with Crippen molar-refractivity contribution >= 4 is 5.91 Å². The minimum atomic E-state index is 0.428. The highest BCUT2D eigenvalue weighted by Gasteiger charge is 2.40. The van der Waals surface area contributed by atoms with E-state index in [1.165, 1.54) is 51.4 Å². The summed E-state index contributed by atoms with van der Waals surface area (Å²) >= 11 is 0. The zero-order valence-electron chi connectivity index (χ0n) is 12.6. The van der Waals surface area contributed by atoms with Crippen molar-refractivity contribution in [2.45, 2.75) is 70.8 Å². The molecule has 3 aliphatic carbocycles. The van der Waals surface area contributed by atoms with E-state index in [0.717, 1.165) is 30.1 Å². The number of fused-ring (bicyclic) bond motifs is 2. The zero-order valence-corrected chi connectivity index (χ0v) is 12.6. The van der Waals surface area contributed by atoms with Gasteiger partial charge in [0.2, 0.25) is 5.91 Å². The topological polar surface area (TPSA) is 20.3 Å². The first-order valence-corrected chi connectivity index (χ1v) is 8.39. The molecule has 0 aliphatic heterocycles. The third-order valence-electron chi connectivity index (χ3n) is 6.25. The van der Waals surface area contributed by atoms with Crippen molar-refractivity contribution in [3.63, 3.8) is 0 Å². The summed E-state index contributed by atoms with van der Waals surface area (Å²) in [4.78, 5) is 14.6. The maximum absolute atomic E-state index is 12.5. The van der Waals surface area contributed by atoms with E-state index in [1.54, 1.807) is 0 Å². The van der Waals surface area contributed by atoms with E-state index in [-0.39, 0.29) is 0 Å². The van der Waals surface area contributed by atoms with Crippen LogP contribution in [0.3, 0.4) is 0 Å². The Hall–Kier alpha value is -0.530. The quantitative estimate of drug-likeness (QED) is 0.757. The molecule has 3 fully saturated rings. The van der Waals surface area contributed by atoms with Crippen molar-refractivity contribution in [1.29, 1.82) is 0 Å². The molecule has 0 spiro atoms. The summed E-state index contributed by atoms with van der Waals surface area (Å²) in [5.41, 5.74) is 0. The Bertz CT molecular complexity index is 332. The fraction of sp³-hybridized carbons (Fsp3) is 0.941. The van der Waals surface area contributed by atoms with Crippen LogP contribution in [0.1, 0.15) is 64.7 Å². The van der Waals surface area contributed by atoms with Gasteiger partial charge >= 0.3 is 0 Å². The van der Waals surface area contributed by atoms with Crippen LogP contribution in [-0.2, 0) is 4.79 Å². The van der Waals surface area contributed by atoms with E-state index in [0.29, 0.717) is 11.9 Å². The Balaban J connectivity index is 1.49. The predicted molar refractivity (Wildman–Crippen MR) is 77.7 cm³/mol. The number of carbonyl (C=O) groups is 1. The average molecular weight is 263 g/mol. The molecule has 108 valence electrons. The maximum atomic E-state index is 12.5. The van der Waals surface area contributed by atoms with Crippen LogP contribution in [0.5, 0.6) is 0 Å². The molecule has 0 aromatic carbocycles. The van der Waals surface area contributed by atoms with Gasteiger partial charge in [-0.15, -0.1) is 0 Å². The fourth-order valence-corrected chi connectivity index (χ4v) is 4.83. The van der Waals surface area contributed by atoms with Crippen molar-refractivity contribution in [3.05, 3.63) is 0 Å². The molecule has 2 bridgehead atoms. The van der Waals surface area contributed by atoms with Crippen LogP contribution >= 0.6 is 0 Å². The molecule has 0 aromatic heterocycles. The molecule has 3 rings (SSSR count). The number of nitrogens with zero attached hydrogens (tertiary/aromatic N) is 1. The molecule has 0 unspecified atom stereocenters. The van der Waals surface area contributed by atoms with Crippen molar-refractivity contribution in [3.8, 4) is 0 Å². The minimum Gasteiger partial charge on any atom is -0.343 e. The third-order valence-corrected chi connectivity index (χ3v) is 6.25. The molecule has 19 heavy (non-hydrogen) atoms. The van der Waals surface area contributed by atoms with E-state index in [4.69, 9.17) is 0 Å². The standard InChI is InChI=1S/C17H29NO/c1-12-3-7-16(8-4-12)18(2)17(19)11-15-10-13-5-6-14(15)9-13/h12-16H,3-11H2,1-2H3/t12?,13-,14-,15+,16?/m0/s1. The molecule has 0 radical (unpaired) electrons. The molecule has 0 saturated heterocycles. The van der Waals surface area contributed by atoms with Gasteiger partial charge in [-0.1, -0.05) is 13.3 Å². The van der Waals surface area contributed by atoms with Gasteiger partial charge in [0.1, 0.15) is 0 Å². The summed E-state index contributed by atoms with van der Waals surface area (Å²) in [7, 11) is 2.05. The Kier molecular flexibility index (Phi) is 3.86. The average Bonchev–Trinajstić information content (AvgIpc) is 3.01. The van der Waals surface area contributed by atoms with Crippen molar-refractivity contribution in [1.82, 2.24) is 4.90 Å². The molecule has 2 nitrogen and oxygen atoms in total. The van der Waals surface area contributed by atoms with E-state index in [9.17, 15) is 4.79 Å². The van der Waals surface area contributed by atoms with E-state index < -0.39 is 0 Å². The normalized spacial score (nSPS) is 41.5. The number of amides is 1. The molecule has 3 saturated carbocycles. The van der Waals surface area contributed by atoms with Crippen LogP contribution in [-0.4, -0.2) is 23.9 Å². The Morgan fingerprint density at radius 1 is 1.05 bits per heavy atom. The molecule has 0 aromatic rings. The van der Waals surface area contributed by atoms with E-state index in [2.05, 4.69) is 18.9 Å². The van der Waals surface area contributed by atoms with E-state index in [1.807, 2.05) is 0 Å². The highest BCUT2D eigenvalue weighted by Crippen LogP contribution is 2.49. The van der Waals surface area contributed by atoms with Gasteiger partial charge in [-0.2, -0.15) is 0 Å². The molecule has 0 N–H and O–H groups in total. The summed E-state index contributed by atoms with van der Waals surface area (Å²) < 4.78 is 0. The molecular formula is C17H29NO. The summed E-state index contributed by atoms with van der Waals surface area (Å²) in [5.74, 6) is 3.86. The van der Waals surface area contributed by atoms with Crippen LogP contribution in [0.2, 0.25) is 0 Å². The predicted octanol–water partition coefficient (Wildman–Crippen LogP) is 3.85. The van der Waals surface area contributed by atoms with Gasteiger partial charge in [0.25, 0.3) is 0 Å².